The third-order valence-corrected chi connectivity index (χ3v) is 2.79. The molecule has 0 aromatic heterocycles. The van der Waals surface area contributed by atoms with Crippen LogP contribution in [0.1, 0.15) is 25.7 Å². The van der Waals surface area contributed by atoms with Crippen LogP contribution in [0.25, 0.3) is 0 Å². The van der Waals surface area contributed by atoms with Gasteiger partial charge in [-0.1, -0.05) is 0 Å². The summed E-state index contributed by atoms with van der Waals surface area (Å²) in [5.74, 6) is 0.522. The van der Waals surface area contributed by atoms with E-state index < -0.39 is 0 Å². The summed E-state index contributed by atoms with van der Waals surface area (Å²) in [6, 6.07) is 0.545. The van der Waals surface area contributed by atoms with Crippen LogP contribution in [0.2, 0.25) is 0 Å². The molecule has 1 saturated heterocycles. The lowest BCUT2D eigenvalue weighted by atomic mass is 10.2. The van der Waals surface area contributed by atoms with E-state index in [2.05, 4.69) is 10.3 Å². The standard InChI is InChI=1S/C10H19N3O2.HI/c11-10(13-7-1-2-7)12-5-8-3-4-9(6-14)15-8;/h7-9,14H,1-6H2,(H3,11,12,13);1H/t8-,9+;/m1./s1. The summed E-state index contributed by atoms with van der Waals surface area (Å²) in [4.78, 5) is 4.23. The van der Waals surface area contributed by atoms with Crippen molar-refractivity contribution in [3.05, 3.63) is 0 Å². The zero-order chi connectivity index (χ0) is 10.7. The number of hydrogen-bond acceptors (Lipinski definition) is 3. The number of guanidine groups is 1. The van der Waals surface area contributed by atoms with Crippen molar-refractivity contribution in [1.82, 2.24) is 5.32 Å². The lowest BCUT2D eigenvalue weighted by molar-refractivity contribution is 0.0160. The van der Waals surface area contributed by atoms with Crippen molar-refractivity contribution in [2.75, 3.05) is 13.2 Å². The zero-order valence-corrected chi connectivity index (χ0v) is 11.6. The molecule has 5 nitrogen and oxygen atoms in total. The Morgan fingerprint density at radius 3 is 2.56 bits per heavy atom. The van der Waals surface area contributed by atoms with E-state index in [1.165, 1.54) is 12.8 Å². The minimum absolute atomic E-state index is 0. The highest BCUT2D eigenvalue weighted by molar-refractivity contribution is 14.0. The van der Waals surface area contributed by atoms with Crippen LogP contribution in [-0.2, 0) is 4.74 Å². The van der Waals surface area contributed by atoms with E-state index in [-0.39, 0.29) is 42.8 Å². The van der Waals surface area contributed by atoms with Crippen molar-refractivity contribution in [3.8, 4) is 0 Å². The topological polar surface area (TPSA) is 79.9 Å². The minimum Gasteiger partial charge on any atom is -0.394 e. The second kappa shape index (κ2) is 6.61. The second-order valence-electron chi connectivity index (χ2n) is 4.28. The predicted molar refractivity (Wildman–Crippen MR) is 73.0 cm³/mol. The van der Waals surface area contributed by atoms with Gasteiger partial charge in [-0.15, -0.1) is 24.0 Å². The van der Waals surface area contributed by atoms with Gasteiger partial charge < -0.3 is 20.9 Å². The fourth-order valence-electron chi connectivity index (χ4n) is 1.73. The predicted octanol–water partition coefficient (Wildman–Crippen LogP) is 0.211. The molecule has 1 heterocycles. The number of nitrogens with one attached hydrogen (secondary N) is 1. The molecule has 2 fully saturated rings. The van der Waals surface area contributed by atoms with Gasteiger partial charge in [-0.05, 0) is 25.7 Å². The number of hydrogen-bond donors (Lipinski definition) is 3. The van der Waals surface area contributed by atoms with Crippen molar-refractivity contribution >= 4 is 29.9 Å². The Kier molecular flexibility index (Phi) is 5.77. The molecular weight excluding hydrogens is 321 g/mol. The third-order valence-electron chi connectivity index (χ3n) is 2.79. The number of nitrogens with zero attached hydrogens (tertiary/aromatic N) is 1. The average Bonchev–Trinajstić information content (AvgIpc) is 2.92. The Balaban J connectivity index is 0.00000128. The van der Waals surface area contributed by atoms with E-state index in [4.69, 9.17) is 15.6 Å². The second-order valence-corrected chi connectivity index (χ2v) is 4.28. The number of aliphatic imine (C=N–C) groups is 1. The van der Waals surface area contributed by atoms with Gasteiger partial charge in [-0.2, -0.15) is 0 Å². The highest BCUT2D eigenvalue weighted by Gasteiger charge is 2.25. The van der Waals surface area contributed by atoms with Crippen LogP contribution in [0.5, 0.6) is 0 Å². The maximum atomic E-state index is 8.89. The number of ether oxygens (including phenoxy) is 1. The summed E-state index contributed by atoms with van der Waals surface area (Å²) in [7, 11) is 0. The van der Waals surface area contributed by atoms with Gasteiger partial charge in [0.15, 0.2) is 5.96 Å². The van der Waals surface area contributed by atoms with Gasteiger partial charge in [0.1, 0.15) is 0 Å². The molecule has 0 aromatic carbocycles. The first-order valence-corrected chi connectivity index (χ1v) is 5.60. The average molecular weight is 341 g/mol. The van der Waals surface area contributed by atoms with Crippen molar-refractivity contribution in [2.45, 2.75) is 43.9 Å². The first-order chi connectivity index (χ1) is 7.28. The largest absolute Gasteiger partial charge is 0.394 e. The van der Waals surface area contributed by atoms with E-state index in [0.717, 1.165) is 12.8 Å². The molecule has 0 bridgehead atoms. The van der Waals surface area contributed by atoms with Crippen LogP contribution >= 0.6 is 24.0 Å². The Labute approximate surface area is 113 Å². The molecule has 2 rings (SSSR count). The molecule has 16 heavy (non-hydrogen) atoms. The molecule has 2 aliphatic rings. The van der Waals surface area contributed by atoms with E-state index >= 15 is 0 Å². The van der Waals surface area contributed by atoms with Crippen LogP contribution in [0.4, 0.5) is 0 Å². The van der Waals surface area contributed by atoms with Crippen LogP contribution in [0, 0.1) is 0 Å². The molecule has 1 saturated carbocycles. The summed E-state index contributed by atoms with van der Waals surface area (Å²) in [5, 5.41) is 12.0. The lowest BCUT2D eigenvalue weighted by Gasteiger charge is -2.10. The minimum atomic E-state index is 0. The quantitative estimate of drug-likeness (QED) is 0.388. The monoisotopic (exact) mass is 341 g/mol. The number of rotatable bonds is 4. The lowest BCUT2D eigenvalue weighted by Crippen LogP contribution is -2.34. The molecule has 4 N–H and O–H groups in total. The van der Waals surface area contributed by atoms with E-state index in [0.29, 0.717) is 18.5 Å². The summed E-state index contributed by atoms with van der Waals surface area (Å²) < 4.78 is 5.54. The maximum absolute atomic E-state index is 8.89. The first kappa shape index (κ1) is 14.0. The van der Waals surface area contributed by atoms with Gasteiger partial charge >= 0.3 is 0 Å². The molecule has 6 heteroatoms. The third kappa shape index (κ3) is 4.42. The van der Waals surface area contributed by atoms with Gasteiger partial charge in [-0.3, -0.25) is 4.99 Å². The Morgan fingerprint density at radius 1 is 1.31 bits per heavy atom. The van der Waals surface area contributed by atoms with Gasteiger partial charge in [0.25, 0.3) is 0 Å². The van der Waals surface area contributed by atoms with Gasteiger partial charge in [0.05, 0.1) is 25.4 Å². The fraction of sp³-hybridized carbons (Fsp3) is 0.900. The molecular formula is C10H20IN3O2. The van der Waals surface area contributed by atoms with E-state index in [1.807, 2.05) is 0 Å². The summed E-state index contributed by atoms with van der Waals surface area (Å²) >= 11 is 0. The zero-order valence-electron chi connectivity index (χ0n) is 9.26. The number of halogens is 1. The first-order valence-electron chi connectivity index (χ1n) is 5.60. The van der Waals surface area contributed by atoms with Crippen LogP contribution < -0.4 is 11.1 Å². The highest BCUT2D eigenvalue weighted by Crippen LogP contribution is 2.20. The summed E-state index contributed by atoms with van der Waals surface area (Å²) in [6.45, 7) is 0.706. The van der Waals surface area contributed by atoms with E-state index in [1.54, 1.807) is 0 Å². The molecule has 0 unspecified atom stereocenters. The number of nitrogens with two attached hydrogens (primary N) is 1. The molecule has 0 spiro atoms. The van der Waals surface area contributed by atoms with Crippen LogP contribution in [0.15, 0.2) is 4.99 Å². The molecule has 0 radical (unpaired) electrons. The Hall–Kier alpha value is -0.0800. The molecule has 1 aliphatic heterocycles. The fourth-order valence-corrected chi connectivity index (χ4v) is 1.73. The molecule has 2 atom stereocenters. The van der Waals surface area contributed by atoms with E-state index in [9.17, 15) is 0 Å². The van der Waals surface area contributed by atoms with Crippen molar-refractivity contribution < 1.29 is 9.84 Å². The molecule has 0 amide bonds. The molecule has 1 aliphatic carbocycles. The number of aliphatic hydroxyl groups is 1. The highest BCUT2D eigenvalue weighted by atomic mass is 127. The smallest absolute Gasteiger partial charge is 0.188 e. The molecule has 0 aromatic rings. The van der Waals surface area contributed by atoms with Crippen molar-refractivity contribution in [3.63, 3.8) is 0 Å². The van der Waals surface area contributed by atoms with Gasteiger partial charge in [0.2, 0.25) is 0 Å². The SMILES string of the molecule is I.NC(=NC[C@H]1CC[C@@H](CO)O1)NC1CC1. The van der Waals surface area contributed by atoms with Crippen molar-refractivity contribution in [1.29, 1.82) is 0 Å². The number of aliphatic hydroxyl groups excluding tert-OH is 1. The normalized spacial score (nSPS) is 29.9. The summed E-state index contributed by atoms with van der Waals surface area (Å²) in [5.41, 5.74) is 5.69. The van der Waals surface area contributed by atoms with Crippen molar-refractivity contribution in [2.24, 2.45) is 10.7 Å². The Morgan fingerprint density at radius 2 is 2.00 bits per heavy atom. The molecule has 94 valence electrons. The van der Waals surface area contributed by atoms with Gasteiger partial charge in [0, 0.05) is 6.04 Å². The summed E-state index contributed by atoms with van der Waals surface area (Å²) in [6.07, 6.45) is 4.41. The van der Waals surface area contributed by atoms with Crippen LogP contribution in [0.3, 0.4) is 0 Å². The maximum Gasteiger partial charge on any atom is 0.188 e. The van der Waals surface area contributed by atoms with Gasteiger partial charge in [-0.25, -0.2) is 0 Å². The van der Waals surface area contributed by atoms with Crippen LogP contribution in [-0.4, -0.2) is 42.5 Å². The Bertz CT molecular complexity index is 246.